The van der Waals surface area contributed by atoms with Crippen molar-refractivity contribution in [2.45, 2.75) is 0 Å². The zero-order valence-electron chi connectivity index (χ0n) is 3.29. The van der Waals surface area contributed by atoms with E-state index in [1.807, 2.05) is 0 Å². The van der Waals surface area contributed by atoms with Crippen molar-refractivity contribution in [3.05, 3.63) is 9.52 Å². The monoisotopic (exact) mass is 160 g/mol. The van der Waals surface area contributed by atoms with E-state index in [9.17, 15) is 0 Å². The molecule has 0 atom stereocenters. The van der Waals surface area contributed by atoms with Crippen molar-refractivity contribution < 1.29 is 5.11 Å². The van der Waals surface area contributed by atoms with Gasteiger partial charge in [0.05, 0.1) is 11.6 Å². The Bertz CT molecular complexity index is 84.2. The number of rotatable bonds is 1. The zero-order chi connectivity index (χ0) is 5.86. The van der Waals surface area contributed by atoms with Gasteiger partial charge in [-0.15, -0.1) is 0 Å². The van der Waals surface area contributed by atoms with E-state index in [-0.39, 0.29) is 16.1 Å². The maximum atomic E-state index is 8.15. The molecule has 0 spiro atoms. The van der Waals surface area contributed by atoms with Crippen LogP contribution in [0, 0.1) is 0 Å². The van der Waals surface area contributed by atoms with E-state index < -0.39 is 0 Å². The highest BCUT2D eigenvalue weighted by molar-refractivity contribution is 6.59. The van der Waals surface area contributed by atoms with E-state index in [1.54, 1.807) is 0 Å². The Morgan fingerprint density at radius 1 is 1.29 bits per heavy atom. The summed E-state index contributed by atoms with van der Waals surface area (Å²) in [5.41, 5.74) is 0. The standard InChI is InChI=1S/C3H3Cl3O/c4-2(1-7)3(5)6/h7H,1H2. The van der Waals surface area contributed by atoms with Crippen LogP contribution in [-0.4, -0.2) is 11.7 Å². The number of hydrogen-bond donors (Lipinski definition) is 1. The first-order valence-corrected chi connectivity index (χ1v) is 2.62. The second-order valence-electron chi connectivity index (χ2n) is 0.823. The van der Waals surface area contributed by atoms with Gasteiger partial charge in [0.2, 0.25) is 0 Å². The lowest BCUT2D eigenvalue weighted by Gasteiger charge is -1.86. The third-order valence-corrected chi connectivity index (χ3v) is 1.30. The smallest absolute Gasteiger partial charge is 0.123 e. The molecule has 0 unspecified atom stereocenters. The number of aliphatic hydroxyl groups excluding tert-OH is 1. The summed E-state index contributed by atoms with van der Waals surface area (Å²) in [4.78, 5) is 0. The number of hydrogen-bond acceptors (Lipinski definition) is 1. The van der Waals surface area contributed by atoms with Gasteiger partial charge in [-0.1, -0.05) is 34.8 Å². The van der Waals surface area contributed by atoms with Crippen LogP contribution >= 0.6 is 34.8 Å². The Kier molecular flexibility index (Phi) is 3.85. The van der Waals surface area contributed by atoms with E-state index in [4.69, 9.17) is 39.9 Å². The van der Waals surface area contributed by atoms with E-state index in [1.165, 1.54) is 0 Å². The SMILES string of the molecule is OCC(Cl)=C(Cl)Cl. The van der Waals surface area contributed by atoms with Crippen molar-refractivity contribution in [1.82, 2.24) is 0 Å². The van der Waals surface area contributed by atoms with Gasteiger partial charge in [-0.2, -0.15) is 0 Å². The minimum absolute atomic E-state index is 0.0725. The molecule has 7 heavy (non-hydrogen) atoms. The van der Waals surface area contributed by atoms with Crippen LogP contribution in [-0.2, 0) is 0 Å². The molecule has 0 aromatic heterocycles. The fourth-order valence-electron chi connectivity index (χ4n) is 0.0598. The van der Waals surface area contributed by atoms with E-state index in [2.05, 4.69) is 0 Å². The second-order valence-corrected chi connectivity index (χ2v) is 2.23. The minimum atomic E-state index is -0.302. The molecule has 0 aliphatic rings. The van der Waals surface area contributed by atoms with Crippen LogP contribution in [0.4, 0.5) is 0 Å². The van der Waals surface area contributed by atoms with Gasteiger partial charge in [-0.3, -0.25) is 0 Å². The Morgan fingerprint density at radius 3 is 1.71 bits per heavy atom. The van der Waals surface area contributed by atoms with Crippen LogP contribution < -0.4 is 0 Å². The largest absolute Gasteiger partial charge is 0.391 e. The molecule has 0 radical (unpaired) electrons. The van der Waals surface area contributed by atoms with E-state index in [0.29, 0.717) is 0 Å². The number of aliphatic hydroxyl groups is 1. The highest BCUT2D eigenvalue weighted by Gasteiger charge is 1.92. The van der Waals surface area contributed by atoms with Crippen molar-refractivity contribution in [3.8, 4) is 0 Å². The molecule has 0 heterocycles. The zero-order valence-corrected chi connectivity index (χ0v) is 5.56. The summed E-state index contributed by atoms with van der Waals surface area (Å²) in [7, 11) is 0. The predicted molar refractivity (Wildman–Crippen MR) is 31.7 cm³/mol. The van der Waals surface area contributed by atoms with Crippen LogP contribution in [0.5, 0.6) is 0 Å². The van der Waals surface area contributed by atoms with Crippen molar-refractivity contribution in [1.29, 1.82) is 0 Å². The first-order chi connectivity index (χ1) is 3.18. The molecule has 0 saturated carbocycles. The molecule has 1 nitrogen and oxygen atoms in total. The molecule has 0 aliphatic heterocycles. The molecule has 0 aromatic carbocycles. The molecule has 0 aromatic rings. The topological polar surface area (TPSA) is 20.2 Å². The Balaban J connectivity index is 3.72. The van der Waals surface area contributed by atoms with Crippen LogP contribution in [0.3, 0.4) is 0 Å². The molecule has 0 aliphatic carbocycles. The molecule has 0 saturated heterocycles. The average molecular weight is 161 g/mol. The van der Waals surface area contributed by atoms with Crippen molar-refractivity contribution in [2.75, 3.05) is 6.61 Å². The lowest BCUT2D eigenvalue weighted by atomic mass is 10.7. The summed E-state index contributed by atoms with van der Waals surface area (Å²) in [5.74, 6) is 0. The van der Waals surface area contributed by atoms with Gasteiger partial charge in [0.15, 0.2) is 0 Å². The fraction of sp³-hybridized carbons (Fsp3) is 0.333. The number of halogens is 3. The van der Waals surface area contributed by atoms with Crippen LogP contribution in [0.25, 0.3) is 0 Å². The van der Waals surface area contributed by atoms with Crippen molar-refractivity contribution in [3.63, 3.8) is 0 Å². The van der Waals surface area contributed by atoms with E-state index >= 15 is 0 Å². The predicted octanol–water partition coefficient (Wildman–Crippen LogP) is 1.86. The molecule has 0 fully saturated rings. The van der Waals surface area contributed by atoms with Gasteiger partial charge in [-0.05, 0) is 0 Å². The molecule has 1 N–H and O–H groups in total. The fourth-order valence-corrected chi connectivity index (χ4v) is 0.179. The lowest BCUT2D eigenvalue weighted by molar-refractivity contribution is 0.338. The Morgan fingerprint density at radius 2 is 1.71 bits per heavy atom. The molecule has 0 bridgehead atoms. The molecular weight excluding hydrogens is 158 g/mol. The Labute approximate surface area is 56.5 Å². The van der Waals surface area contributed by atoms with Crippen LogP contribution in [0.2, 0.25) is 0 Å². The van der Waals surface area contributed by atoms with Crippen LogP contribution in [0.15, 0.2) is 9.52 Å². The summed E-state index contributed by atoms with van der Waals surface area (Å²) in [6.07, 6.45) is 0. The summed E-state index contributed by atoms with van der Waals surface area (Å²) in [5, 5.41) is 8.22. The average Bonchev–Trinajstić information content (AvgIpc) is 1.65. The molecule has 4 heteroatoms. The van der Waals surface area contributed by atoms with Gasteiger partial charge in [0.1, 0.15) is 4.49 Å². The lowest BCUT2D eigenvalue weighted by Crippen LogP contribution is -1.78. The Hall–Kier alpha value is 0.570. The summed E-state index contributed by atoms with van der Waals surface area (Å²) < 4.78 is -0.0795. The third kappa shape index (κ3) is 3.18. The van der Waals surface area contributed by atoms with Crippen molar-refractivity contribution in [2.24, 2.45) is 0 Å². The van der Waals surface area contributed by atoms with Gasteiger partial charge >= 0.3 is 0 Å². The molecule has 0 amide bonds. The van der Waals surface area contributed by atoms with E-state index in [0.717, 1.165) is 0 Å². The maximum Gasteiger partial charge on any atom is 0.123 e. The normalized spacial score (nSPS) is 8.57. The minimum Gasteiger partial charge on any atom is -0.391 e. The highest BCUT2D eigenvalue weighted by atomic mass is 35.5. The van der Waals surface area contributed by atoms with Crippen LogP contribution in [0.1, 0.15) is 0 Å². The first kappa shape index (κ1) is 7.57. The third-order valence-electron chi connectivity index (χ3n) is 0.344. The van der Waals surface area contributed by atoms with Gasteiger partial charge in [0, 0.05) is 0 Å². The molecule has 42 valence electrons. The highest BCUT2D eigenvalue weighted by Crippen LogP contribution is 2.15. The first-order valence-electron chi connectivity index (χ1n) is 1.49. The van der Waals surface area contributed by atoms with Gasteiger partial charge < -0.3 is 5.11 Å². The van der Waals surface area contributed by atoms with Gasteiger partial charge in [0.25, 0.3) is 0 Å². The second kappa shape index (κ2) is 3.56. The molecule has 0 rings (SSSR count). The maximum absolute atomic E-state index is 8.15. The summed E-state index contributed by atoms with van der Waals surface area (Å²) in [6.45, 7) is -0.302. The molecular formula is C3H3Cl3O. The quantitative estimate of drug-likeness (QED) is 0.622. The van der Waals surface area contributed by atoms with Gasteiger partial charge in [-0.25, -0.2) is 0 Å². The summed E-state index contributed by atoms with van der Waals surface area (Å²) >= 11 is 15.3. The van der Waals surface area contributed by atoms with Crippen molar-refractivity contribution >= 4 is 34.8 Å². The summed E-state index contributed by atoms with van der Waals surface area (Å²) in [6, 6.07) is 0.